The Morgan fingerprint density at radius 1 is 1.00 bits per heavy atom. The first kappa shape index (κ1) is 21.2. The van der Waals surface area contributed by atoms with Gasteiger partial charge in [-0.2, -0.15) is 0 Å². The minimum atomic E-state index is -4.24. The Morgan fingerprint density at radius 3 is 1.74 bits per heavy atom. The van der Waals surface area contributed by atoms with E-state index in [1.807, 2.05) is 13.8 Å². The average molecular weight is 294 g/mol. The zero-order chi connectivity index (χ0) is 15.1. The first-order valence-corrected chi connectivity index (χ1v) is 8.64. The lowest BCUT2D eigenvalue weighted by Gasteiger charge is -2.04. The summed E-state index contributed by atoms with van der Waals surface area (Å²) in [6, 6.07) is 0. The molecule has 116 valence electrons. The number of hydrogen-bond donors (Lipinski definition) is 2. The summed E-state index contributed by atoms with van der Waals surface area (Å²) < 4.78 is 14.7. The normalized spacial score (nSPS) is 10.8. The quantitative estimate of drug-likeness (QED) is 0.344. The second-order valence-corrected chi connectivity index (χ2v) is 6.25. The summed E-state index contributed by atoms with van der Waals surface area (Å²) in [5.74, 6) is 0. The molecular formula is C14H31O4P. The third-order valence-electron chi connectivity index (χ3n) is 2.26. The van der Waals surface area contributed by atoms with Gasteiger partial charge in [-0.15, -0.1) is 6.58 Å². The molecule has 0 bridgehead atoms. The van der Waals surface area contributed by atoms with E-state index in [-0.39, 0.29) is 6.61 Å². The molecular weight excluding hydrogens is 263 g/mol. The van der Waals surface area contributed by atoms with Gasteiger partial charge in [-0.05, 0) is 20.3 Å². The molecule has 0 fully saturated rings. The molecule has 5 heteroatoms. The molecule has 0 spiro atoms. The van der Waals surface area contributed by atoms with Gasteiger partial charge < -0.3 is 9.79 Å². The second-order valence-electron chi connectivity index (χ2n) is 5.01. The molecule has 0 atom stereocenters. The predicted molar refractivity (Wildman–Crippen MR) is 81.1 cm³/mol. The molecule has 2 N–H and O–H groups in total. The first-order chi connectivity index (χ1) is 8.79. The van der Waals surface area contributed by atoms with E-state index in [4.69, 9.17) is 9.79 Å². The molecule has 0 aliphatic carbocycles. The van der Waals surface area contributed by atoms with E-state index in [2.05, 4.69) is 18.0 Å². The van der Waals surface area contributed by atoms with E-state index in [9.17, 15) is 4.57 Å². The predicted octanol–water partition coefficient (Wildman–Crippen LogP) is 4.82. The van der Waals surface area contributed by atoms with Crippen LogP contribution in [0.2, 0.25) is 0 Å². The van der Waals surface area contributed by atoms with Crippen molar-refractivity contribution in [3.05, 3.63) is 12.2 Å². The van der Waals surface area contributed by atoms with Crippen LogP contribution in [0.1, 0.15) is 72.1 Å². The highest BCUT2D eigenvalue weighted by Crippen LogP contribution is 2.35. The highest BCUT2D eigenvalue weighted by atomic mass is 31.2. The van der Waals surface area contributed by atoms with Gasteiger partial charge in [-0.3, -0.25) is 4.52 Å². The number of phosphoric acid groups is 1. The lowest BCUT2D eigenvalue weighted by molar-refractivity contribution is 0.193. The van der Waals surface area contributed by atoms with Crippen LogP contribution in [-0.2, 0) is 9.09 Å². The van der Waals surface area contributed by atoms with Gasteiger partial charge in [0.1, 0.15) is 0 Å². The molecule has 0 unspecified atom stereocenters. The summed E-state index contributed by atoms with van der Waals surface area (Å²) in [5, 5.41) is 0. The number of unbranched alkanes of at least 4 members (excludes halogenated alkanes) is 7. The van der Waals surface area contributed by atoms with Gasteiger partial charge >= 0.3 is 7.82 Å². The van der Waals surface area contributed by atoms with Gasteiger partial charge in [-0.25, -0.2) is 4.57 Å². The van der Waals surface area contributed by atoms with Crippen molar-refractivity contribution in [2.75, 3.05) is 6.61 Å². The zero-order valence-corrected chi connectivity index (χ0v) is 13.6. The Balaban J connectivity index is 0. The van der Waals surface area contributed by atoms with Gasteiger partial charge in [-0.1, -0.05) is 57.4 Å². The van der Waals surface area contributed by atoms with Crippen molar-refractivity contribution in [3.8, 4) is 0 Å². The number of hydrogen-bond acceptors (Lipinski definition) is 2. The molecule has 0 saturated heterocycles. The largest absolute Gasteiger partial charge is 0.469 e. The molecule has 0 radical (unpaired) electrons. The Bertz CT molecular complexity index is 244. The highest BCUT2D eigenvalue weighted by Gasteiger charge is 2.12. The van der Waals surface area contributed by atoms with Crippen LogP contribution in [0, 0.1) is 0 Å². The fraction of sp³-hybridized carbons (Fsp3) is 0.857. The maximum atomic E-state index is 10.3. The lowest BCUT2D eigenvalue weighted by Crippen LogP contribution is -1.92. The summed E-state index contributed by atoms with van der Waals surface area (Å²) in [4.78, 5) is 16.8. The van der Waals surface area contributed by atoms with Crippen LogP contribution in [0.5, 0.6) is 0 Å². The second kappa shape index (κ2) is 14.3. The molecule has 0 aliphatic rings. The SMILES string of the molecule is C=C(C)C.CCCCCCCCCCOP(=O)(O)O. The molecule has 19 heavy (non-hydrogen) atoms. The zero-order valence-electron chi connectivity index (χ0n) is 12.7. The van der Waals surface area contributed by atoms with E-state index < -0.39 is 7.82 Å². The van der Waals surface area contributed by atoms with Crippen molar-refractivity contribution in [1.29, 1.82) is 0 Å². The molecule has 0 aromatic carbocycles. The van der Waals surface area contributed by atoms with Crippen molar-refractivity contribution >= 4 is 7.82 Å². The van der Waals surface area contributed by atoms with Crippen LogP contribution >= 0.6 is 7.82 Å². The van der Waals surface area contributed by atoms with Crippen molar-refractivity contribution < 1.29 is 18.9 Å². The molecule has 0 saturated carbocycles. The van der Waals surface area contributed by atoms with Crippen LogP contribution in [0.25, 0.3) is 0 Å². The Hall–Kier alpha value is -0.150. The van der Waals surface area contributed by atoms with Crippen LogP contribution < -0.4 is 0 Å². The number of rotatable bonds is 10. The molecule has 0 rings (SSSR count). The Kier molecular flexibility index (Phi) is 15.9. The van der Waals surface area contributed by atoms with E-state index >= 15 is 0 Å². The average Bonchev–Trinajstić information content (AvgIpc) is 2.24. The van der Waals surface area contributed by atoms with Crippen molar-refractivity contribution in [2.45, 2.75) is 72.1 Å². The Labute approximate surface area is 118 Å². The summed E-state index contributed by atoms with van der Waals surface area (Å²) in [6.45, 7) is 9.86. The fourth-order valence-corrected chi connectivity index (χ4v) is 1.79. The summed E-state index contributed by atoms with van der Waals surface area (Å²) in [7, 11) is -4.24. The number of phosphoric ester groups is 1. The van der Waals surface area contributed by atoms with Crippen LogP contribution in [0.3, 0.4) is 0 Å². The first-order valence-electron chi connectivity index (χ1n) is 7.11. The lowest BCUT2D eigenvalue weighted by atomic mass is 10.1. The Morgan fingerprint density at radius 2 is 1.37 bits per heavy atom. The maximum absolute atomic E-state index is 10.3. The van der Waals surface area contributed by atoms with Gasteiger partial charge in [0.15, 0.2) is 0 Å². The van der Waals surface area contributed by atoms with Crippen LogP contribution in [-0.4, -0.2) is 16.4 Å². The van der Waals surface area contributed by atoms with E-state index in [0.29, 0.717) is 0 Å². The van der Waals surface area contributed by atoms with E-state index in [0.717, 1.165) is 19.3 Å². The summed E-state index contributed by atoms with van der Waals surface area (Å²) >= 11 is 0. The molecule has 0 aromatic rings. The van der Waals surface area contributed by atoms with E-state index in [1.54, 1.807) is 0 Å². The van der Waals surface area contributed by atoms with E-state index in [1.165, 1.54) is 37.7 Å². The van der Waals surface area contributed by atoms with Gasteiger partial charge in [0.05, 0.1) is 6.61 Å². The van der Waals surface area contributed by atoms with Crippen LogP contribution in [0.15, 0.2) is 12.2 Å². The van der Waals surface area contributed by atoms with Crippen molar-refractivity contribution in [2.24, 2.45) is 0 Å². The smallest absolute Gasteiger partial charge is 0.303 e. The van der Waals surface area contributed by atoms with Crippen molar-refractivity contribution in [1.82, 2.24) is 0 Å². The van der Waals surface area contributed by atoms with Gasteiger partial charge in [0.2, 0.25) is 0 Å². The summed E-state index contributed by atoms with van der Waals surface area (Å²) in [5.41, 5.74) is 1.17. The van der Waals surface area contributed by atoms with Crippen LogP contribution in [0.4, 0.5) is 0 Å². The standard InChI is InChI=1S/C10H23O4P.C4H8/c1-2-3-4-5-6-7-8-9-10-14-15(11,12)13;1-4(2)3/h2-10H2,1H3,(H2,11,12,13);1H2,2-3H3. The minimum Gasteiger partial charge on any atom is -0.303 e. The minimum absolute atomic E-state index is 0.166. The molecule has 0 amide bonds. The number of allylic oxidation sites excluding steroid dienone is 1. The summed E-state index contributed by atoms with van der Waals surface area (Å²) in [6.07, 6.45) is 9.22. The highest BCUT2D eigenvalue weighted by molar-refractivity contribution is 7.46. The van der Waals surface area contributed by atoms with Gasteiger partial charge in [0, 0.05) is 0 Å². The maximum Gasteiger partial charge on any atom is 0.469 e. The molecule has 0 aliphatic heterocycles. The fourth-order valence-electron chi connectivity index (χ4n) is 1.42. The molecule has 4 nitrogen and oxygen atoms in total. The monoisotopic (exact) mass is 294 g/mol. The third-order valence-corrected chi connectivity index (χ3v) is 2.78. The molecule has 0 heterocycles. The van der Waals surface area contributed by atoms with Gasteiger partial charge in [0.25, 0.3) is 0 Å². The third kappa shape index (κ3) is 31.9. The van der Waals surface area contributed by atoms with Crippen molar-refractivity contribution in [3.63, 3.8) is 0 Å². The molecule has 0 aromatic heterocycles. The topological polar surface area (TPSA) is 66.8 Å².